The molecule has 1 aliphatic heterocycles. The van der Waals surface area contributed by atoms with Crippen molar-refractivity contribution < 1.29 is 22.7 Å². The monoisotopic (exact) mass is 412 g/mol. The van der Waals surface area contributed by atoms with E-state index in [2.05, 4.69) is 5.32 Å². The summed E-state index contributed by atoms with van der Waals surface area (Å²) in [4.78, 5) is 28.2. The van der Waals surface area contributed by atoms with Gasteiger partial charge in [0.1, 0.15) is 6.54 Å². The zero-order valence-electron chi connectivity index (χ0n) is 16.6. The molecule has 156 valence electrons. The van der Waals surface area contributed by atoms with E-state index in [9.17, 15) is 18.0 Å². The fraction of sp³-hybridized carbons (Fsp3) is 0.556. The summed E-state index contributed by atoms with van der Waals surface area (Å²) in [5.74, 6) is -0.511. The molecule has 1 aromatic rings. The Morgan fingerprint density at radius 3 is 2.29 bits per heavy atom. The molecule has 1 aliphatic rings. The normalized spacial score (nSPS) is 14.8. The first kappa shape index (κ1) is 22.1. The van der Waals surface area contributed by atoms with Crippen molar-refractivity contribution in [3.63, 3.8) is 0 Å². The van der Waals surface area contributed by atoms with Crippen molar-refractivity contribution >= 4 is 27.5 Å². The van der Waals surface area contributed by atoms with Gasteiger partial charge in [0.15, 0.2) is 0 Å². The van der Waals surface area contributed by atoms with Gasteiger partial charge in [-0.1, -0.05) is 0 Å². The second-order valence-corrected chi connectivity index (χ2v) is 8.78. The van der Waals surface area contributed by atoms with Crippen molar-refractivity contribution in [2.24, 2.45) is 0 Å². The molecule has 10 heteroatoms. The van der Waals surface area contributed by atoms with Crippen LogP contribution in [-0.2, 0) is 19.6 Å². The largest absolute Gasteiger partial charge is 0.378 e. The number of hydrogen-bond acceptors (Lipinski definition) is 6. The summed E-state index contributed by atoms with van der Waals surface area (Å²) in [6.45, 7) is 2.85. The Kier molecular flexibility index (Phi) is 7.78. The van der Waals surface area contributed by atoms with E-state index in [1.807, 2.05) is 19.0 Å². The van der Waals surface area contributed by atoms with Crippen LogP contribution in [-0.4, -0.2) is 96.3 Å². The first-order valence-electron chi connectivity index (χ1n) is 9.04. The van der Waals surface area contributed by atoms with Crippen molar-refractivity contribution in [1.29, 1.82) is 0 Å². The maximum absolute atomic E-state index is 12.5. The van der Waals surface area contributed by atoms with Crippen LogP contribution in [0.1, 0.15) is 10.4 Å². The fourth-order valence-corrected chi connectivity index (χ4v) is 3.58. The molecule has 0 aliphatic carbocycles. The average Bonchev–Trinajstić information content (AvgIpc) is 2.65. The smallest absolute Gasteiger partial charge is 0.254 e. The number of nitrogens with one attached hydrogen (secondary N) is 1. The number of sulfonamides is 1. The van der Waals surface area contributed by atoms with Crippen LogP contribution < -0.4 is 9.62 Å². The molecule has 1 fully saturated rings. The van der Waals surface area contributed by atoms with E-state index in [0.29, 0.717) is 50.6 Å². The summed E-state index contributed by atoms with van der Waals surface area (Å²) in [5.41, 5.74) is 0.804. The van der Waals surface area contributed by atoms with Gasteiger partial charge in [-0.15, -0.1) is 0 Å². The summed E-state index contributed by atoms with van der Waals surface area (Å²) in [7, 11) is 0.110. The molecule has 0 aromatic heterocycles. The van der Waals surface area contributed by atoms with Gasteiger partial charge in [-0.2, -0.15) is 0 Å². The van der Waals surface area contributed by atoms with E-state index in [-0.39, 0.29) is 18.4 Å². The lowest BCUT2D eigenvalue weighted by Crippen LogP contribution is -2.42. The molecule has 0 bridgehead atoms. The van der Waals surface area contributed by atoms with E-state index in [4.69, 9.17) is 4.74 Å². The van der Waals surface area contributed by atoms with Crippen molar-refractivity contribution in [2.45, 2.75) is 0 Å². The molecule has 1 saturated heterocycles. The van der Waals surface area contributed by atoms with Crippen LogP contribution in [0.25, 0.3) is 0 Å². The van der Waals surface area contributed by atoms with Gasteiger partial charge >= 0.3 is 0 Å². The minimum atomic E-state index is -3.66. The summed E-state index contributed by atoms with van der Waals surface area (Å²) in [6.07, 6.45) is 1.05. The van der Waals surface area contributed by atoms with Crippen molar-refractivity contribution in [2.75, 3.05) is 70.6 Å². The molecule has 0 radical (unpaired) electrons. The lowest BCUT2D eigenvalue weighted by atomic mass is 10.1. The number of likely N-dealkylation sites (N-methyl/N-ethyl adjacent to an activating group) is 1. The molecule has 1 heterocycles. The minimum Gasteiger partial charge on any atom is -0.378 e. The highest BCUT2D eigenvalue weighted by Crippen LogP contribution is 2.19. The lowest BCUT2D eigenvalue weighted by Gasteiger charge is -2.27. The topological polar surface area (TPSA) is 99.3 Å². The third kappa shape index (κ3) is 6.47. The highest BCUT2D eigenvalue weighted by Gasteiger charge is 2.22. The third-order valence-electron chi connectivity index (χ3n) is 4.27. The van der Waals surface area contributed by atoms with E-state index in [1.165, 1.54) is 0 Å². The first-order chi connectivity index (χ1) is 13.2. The van der Waals surface area contributed by atoms with Gasteiger partial charge < -0.3 is 19.9 Å². The van der Waals surface area contributed by atoms with Crippen molar-refractivity contribution in [3.8, 4) is 0 Å². The predicted octanol–water partition coefficient (Wildman–Crippen LogP) is -0.397. The van der Waals surface area contributed by atoms with Gasteiger partial charge in [-0.05, 0) is 38.4 Å². The van der Waals surface area contributed by atoms with Gasteiger partial charge in [-0.3, -0.25) is 13.9 Å². The highest BCUT2D eigenvalue weighted by molar-refractivity contribution is 7.92. The SMILES string of the molecule is CN(C)CCNC(=O)CN(c1ccc(C(=O)N2CCOCC2)cc1)S(C)(=O)=O. The Labute approximate surface area is 166 Å². The predicted molar refractivity (Wildman–Crippen MR) is 107 cm³/mol. The quantitative estimate of drug-likeness (QED) is 0.624. The van der Waals surface area contributed by atoms with Gasteiger partial charge in [0.05, 0.1) is 25.2 Å². The number of ether oxygens (including phenoxy) is 1. The molecule has 0 saturated carbocycles. The number of morpholine rings is 1. The number of hydrogen-bond donors (Lipinski definition) is 1. The summed E-state index contributed by atoms with van der Waals surface area (Å²) in [6, 6.07) is 6.24. The molecule has 28 heavy (non-hydrogen) atoms. The average molecular weight is 413 g/mol. The molecule has 1 aromatic carbocycles. The highest BCUT2D eigenvalue weighted by atomic mass is 32.2. The Balaban J connectivity index is 2.07. The van der Waals surface area contributed by atoms with E-state index in [0.717, 1.165) is 10.6 Å². The Morgan fingerprint density at radius 1 is 1.14 bits per heavy atom. The second kappa shape index (κ2) is 9.85. The summed E-state index contributed by atoms with van der Waals surface area (Å²) >= 11 is 0. The number of rotatable bonds is 8. The van der Waals surface area contributed by atoms with Gasteiger partial charge in [0.25, 0.3) is 5.91 Å². The Hall–Kier alpha value is -2.17. The van der Waals surface area contributed by atoms with Crippen molar-refractivity contribution in [1.82, 2.24) is 15.1 Å². The molecule has 9 nitrogen and oxygen atoms in total. The number of benzene rings is 1. The van der Waals surface area contributed by atoms with Crippen molar-refractivity contribution in [3.05, 3.63) is 29.8 Å². The second-order valence-electron chi connectivity index (χ2n) is 6.87. The Morgan fingerprint density at radius 2 is 1.75 bits per heavy atom. The van der Waals surface area contributed by atoms with Crippen LogP contribution in [0, 0.1) is 0 Å². The molecule has 0 atom stereocenters. The molecule has 2 rings (SSSR count). The number of carbonyl (C=O) groups excluding carboxylic acids is 2. The van der Waals surface area contributed by atoms with Gasteiger partial charge in [0, 0.05) is 31.7 Å². The number of carbonyl (C=O) groups is 2. The maximum Gasteiger partial charge on any atom is 0.254 e. The van der Waals surface area contributed by atoms with Crippen LogP contribution in [0.15, 0.2) is 24.3 Å². The van der Waals surface area contributed by atoms with Crippen LogP contribution in [0.2, 0.25) is 0 Å². The summed E-state index contributed by atoms with van der Waals surface area (Å²) in [5, 5.41) is 2.70. The number of nitrogens with zero attached hydrogens (tertiary/aromatic N) is 3. The Bertz CT molecular complexity index is 774. The van der Waals surface area contributed by atoms with Crippen LogP contribution in [0.3, 0.4) is 0 Å². The standard InChI is InChI=1S/C18H28N4O5S/c1-20(2)9-8-19-17(23)14-22(28(3,25)26)16-6-4-15(5-7-16)18(24)21-10-12-27-13-11-21/h4-7H,8-14H2,1-3H3,(H,19,23). The summed E-state index contributed by atoms with van der Waals surface area (Å²) < 4.78 is 30.6. The molecule has 1 N–H and O–H groups in total. The zero-order valence-corrected chi connectivity index (χ0v) is 17.4. The molecule has 0 unspecified atom stereocenters. The third-order valence-corrected chi connectivity index (χ3v) is 5.41. The zero-order chi connectivity index (χ0) is 20.7. The number of amides is 2. The molecular formula is C18H28N4O5S. The number of anilines is 1. The fourth-order valence-electron chi connectivity index (χ4n) is 2.72. The first-order valence-corrected chi connectivity index (χ1v) is 10.9. The lowest BCUT2D eigenvalue weighted by molar-refractivity contribution is -0.119. The van der Waals surface area contributed by atoms with Crippen LogP contribution in [0.4, 0.5) is 5.69 Å². The molecular weight excluding hydrogens is 384 g/mol. The maximum atomic E-state index is 12.5. The van der Waals surface area contributed by atoms with E-state index < -0.39 is 10.0 Å². The van der Waals surface area contributed by atoms with Crippen LogP contribution >= 0.6 is 0 Å². The molecule has 0 spiro atoms. The van der Waals surface area contributed by atoms with E-state index in [1.54, 1.807) is 29.2 Å². The van der Waals surface area contributed by atoms with Gasteiger partial charge in [0.2, 0.25) is 15.9 Å². The van der Waals surface area contributed by atoms with Crippen LogP contribution in [0.5, 0.6) is 0 Å². The molecule has 2 amide bonds. The van der Waals surface area contributed by atoms with E-state index >= 15 is 0 Å². The van der Waals surface area contributed by atoms with Gasteiger partial charge in [-0.25, -0.2) is 8.42 Å². The minimum absolute atomic E-state index is 0.123.